The maximum Gasteiger partial charge on any atom is 0.340 e. The SMILES string of the molecule is COC(=O)C1=C(N)OC2=C(C(=O)CC(c3ccccc3)C2)C1c1cccnc1. The van der Waals surface area contributed by atoms with Crippen LogP contribution in [0.3, 0.4) is 0 Å². The summed E-state index contributed by atoms with van der Waals surface area (Å²) in [5.41, 5.74) is 8.49. The quantitative estimate of drug-likeness (QED) is 0.828. The molecule has 4 rings (SSSR count). The number of Topliss-reactive ketones (excluding diaryl/α,β-unsaturated/α-hetero) is 1. The van der Waals surface area contributed by atoms with Crippen LogP contribution in [0, 0.1) is 0 Å². The number of allylic oxidation sites excluding steroid dienone is 2. The Labute approximate surface area is 162 Å². The predicted molar refractivity (Wildman–Crippen MR) is 102 cm³/mol. The molecule has 0 saturated heterocycles. The Balaban J connectivity index is 1.81. The van der Waals surface area contributed by atoms with Crippen LogP contribution < -0.4 is 5.73 Å². The third-order valence-electron chi connectivity index (χ3n) is 5.23. The van der Waals surface area contributed by atoms with E-state index < -0.39 is 11.9 Å². The summed E-state index contributed by atoms with van der Waals surface area (Å²) in [5, 5.41) is 0. The first kappa shape index (κ1) is 18.0. The van der Waals surface area contributed by atoms with E-state index in [1.54, 1.807) is 18.5 Å². The van der Waals surface area contributed by atoms with Crippen molar-refractivity contribution in [1.29, 1.82) is 0 Å². The number of nitrogens with two attached hydrogens (primary N) is 1. The fraction of sp³-hybridized carbons (Fsp3) is 0.227. The first-order chi connectivity index (χ1) is 13.6. The van der Waals surface area contributed by atoms with Crippen LogP contribution >= 0.6 is 0 Å². The van der Waals surface area contributed by atoms with E-state index in [-0.39, 0.29) is 23.2 Å². The van der Waals surface area contributed by atoms with E-state index in [9.17, 15) is 9.59 Å². The second kappa shape index (κ2) is 7.31. The van der Waals surface area contributed by atoms with E-state index in [0.717, 1.165) is 5.56 Å². The molecule has 0 spiro atoms. The minimum atomic E-state index is -0.644. The Bertz CT molecular complexity index is 980. The van der Waals surface area contributed by atoms with E-state index in [0.29, 0.717) is 29.7 Å². The van der Waals surface area contributed by atoms with E-state index in [2.05, 4.69) is 4.98 Å². The highest BCUT2D eigenvalue weighted by Crippen LogP contribution is 2.46. The van der Waals surface area contributed by atoms with Crippen LogP contribution in [0.25, 0.3) is 0 Å². The first-order valence-corrected chi connectivity index (χ1v) is 9.07. The van der Waals surface area contributed by atoms with Gasteiger partial charge in [-0.25, -0.2) is 4.79 Å². The summed E-state index contributed by atoms with van der Waals surface area (Å²) < 4.78 is 10.7. The number of rotatable bonds is 3. The molecule has 2 heterocycles. The van der Waals surface area contributed by atoms with Crippen molar-refractivity contribution >= 4 is 11.8 Å². The third kappa shape index (κ3) is 3.07. The van der Waals surface area contributed by atoms with Crippen LogP contribution in [0.2, 0.25) is 0 Å². The minimum Gasteiger partial charge on any atom is -0.465 e. The van der Waals surface area contributed by atoms with E-state index in [4.69, 9.17) is 15.2 Å². The predicted octanol–water partition coefficient (Wildman–Crippen LogP) is 2.94. The van der Waals surface area contributed by atoms with Crippen LogP contribution in [0.4, 0.5) is 0 Å². The zero-order chi connectivity index (χ0) is 19.7. The van der Waals surface area contributed by atoms with Crippen LogP contribution in [0.5, 0.6) is 0 Å². The lowest BCUT2D eigenvalue weighted by Crippen LogP contribution is -2.33. The van der Waals surface area contributed by atoms with Crippen molar-refractivity contribution in [2.45, 2.75) is 24.7 Å². The number of methoxy groups -OCH3 is 1. The van der Waals surface area contributed by atoms with Crippen LogP contribution in [0.1, 0.15) is 35.8 Å². The molecular weight excluding hydrogens is 356 g/mol. The monoisotopic (exact) mass is 376 g/mol. The number of nitrogens with zero attached hydrogens (tertiary/aromatic N) is 1. The van der Waals surface area contributed by atoms with Crippen molar-refractivity contribution in [3.8, 4) is 0 Å². The molecule has 1 aliphatic carbocycles. The summed E-state index contributed by atoms with van der Waals surface area (Å²) in [7, 11) is 1.28. The second-order valence-corrected chi connectivity index (χ2v) is 6.87. The molecule has 2 aromatic rings. The van der Waals surface area contributed by atoms with Gasteiger partial charge in [0.05, 0.1) is 13.0 Å². The standard InChI is InChI=1S/C22H20N2O4/c1-27-22(26)20-18(14-8-5-9-24-12-14)19-16(25)10-15(11-17(19)28-21(20)23)13-6-3-2-4-7-13/h2-9,12,15,18H,10-11,23H2,1H3. The molecular formula is C22H20N2O4. The zero-order valence-corrected chi connectivity index (χ0v) is 15.4. The van der Waals surface area contributed by atoms with Crippen LogP contribution in [-0.4, -0.2) is 23.8 Å². The molecule has 0 bridgehead atoms. The molecule has 0 amide bonds. The number of ether oxygens (including phenoxy) is 2. The maximum absolute atomic E-state index is 13.2. The van der Waals surface area contributed by atoms with Crippen molar-refractivity contribution in [3.05, 3.63) is 88.8 Å². The molecule has 6 heteroatoms. The molecule has 6 nitrogen and oxygen atoms in total. The van der Waals surface area contributed by atoms with Gasteiger partial charge in [-0.05, 0) is 23.1 Å². The number of carbonyl (C=O) groups excluding carboxylic acids is 2. The molecule has 2 atom stereocenters. The summed E-state index contributed by atoms with van der Waals surface area (Å²) in [6, 6.07) is 13.4. The molecule has 1 aromatic heterocycles. The number of hydrogen-bond donors (Lipinski definition) is 1. The second-order valence-electron chi connectivity index (χ2n) is 6.87. The molecule has 2 N–H and O–H groups in total. The molecule has 1 aliphatic heterocycles. The number of esters is 1. The van der Waals surface area contributed by atoms with Gasteiger partial charge in [0.1, 0.15) is 11.3 Å². The number of carbonyl (C=O) groups is 2. The molecule has 1 aromatic carbocycles. The van der Waals surface area contributed by atoms with Crippen molar-refractivity contribution in [1.82, 2.24) is 4.98 Å². The normalized spacial score (nSPS) is 21.8. The molecule has 0 saturated carbocycles. The highest BCUT2D eigenvalue weighted by Gasteiger charge is 2.43. The summed E-state index contributed by atoms with van der Waals surface area (Å²) in [6.07, 6.45) is 4.15. The van der Waals surface area contributed by atoms with Crippen molar-refractivity contribution in [2.24, 2.45) is 5.73 Å². The topological polar surface area (TPSA) is 91.5 Å². The lowest BCUT2D eigenvalue weighted by molar-refractivity contribution is -0.136. The van der Waals surface area contributed by atoms with Gasteiger partial charge >= 0.3 is 5.97 Å². The van der Waals surface area contributed by atoms with Gasteiger partial charge in [0.2, 0.25) is 5.88 Å². The van der Waals surface area contributed by atoms with E-state index >= 15 is 0 Å². The molecule has 142 valence electrons. The molecule has 2 unspecified atom stereocenters. The Morgan fingerprint density at radius 2 is 1.89 bits per heavy atom. The number of hydrogen-bond acceptors (Lipinski definition) is 6. The fourth-order valence-electron chi connectivity index (χ4n) is 3.96. The number of ketones is 1. The van der Waals surface area contributed by atoms with Crippen LogP contribution in [-0.2, 0) is 19.1 Å². The number of benzene rings is 1. The fourth-order valence-corrected chi connectivity index (χ4v) is 3.96. The zero-order valence-electron chi connectivity index (χ0n) is 15.4. The lowest BCUT2D eigenvalue weighted by Gasteiger charge is -2.34. The Morgan fingerprint density at radius 1 is 1.14 bits per heavy atom. The van der Waals surface area contributed by atoms with Gasteiger partial charge in [0.25, 0.3) is 0 Å². The minimum absolute atomic E-state index is 0.00877. The average Bonchev–Trinajstić information content (AvgIpc) is 2.73. The summed E-state index contributed by atoms with van der Waals surface area (Å²) >= 11 is 0. The van der Waals surface area contributed by atoms with E-state index in [1.165, 1.54) is 7.11 Å². The molecule has 28 heavy (non-hydrogen) atoms. The number of aromatic nitrogens is 1. The Morgan fingerprint density at radius 3 is 2.57 bits per heavy atom. The highest BCUT2D eigenvalue weighted by atomic mass is 16.5. The van der Waals surface area contributed by atoms with E-state index in [1.807, 2.05) is 36.4 Å². The van der Waals surface area contributed by atoms with Gasteiger partial charge in [0, 0.05) is 30.8 Å². The van der Waals surface area contributed by atoms with Crippen molar-refractivity contribution in [3.63, 3.8) is 0 Å². The van der Waals surface area contributed by atoms with Gasteiger partial charge in [-0.15, -0.1) is 0 Å². The average molecular weight is 376 g/mol. The Hall–Kier alpha value is -3.41. The maximum atomic E-state index is 13.2. The van der Waals surface area contributed by atoms with Crippen LogP contribution in [0.15, 0.2) is 77.6 Å². The lowest BCUT2D eigenvalue weighted by atomic mass is 9.73. The summed E-state index contributed by atoms with van der Waals surface area (Å²) in [6.45, 7) is 0. The van der Waals surface area contributed by atoms with Gasteiger partial charge in [0.15, 0.2) is 5.78 Å². The Kier molecular flexibility index (Phi) is 4.69. The smallest absolute Gasteiger partial charge is 0.340 e. The number of pyridine rings is 1. The van der Waals surface area contributed by atoms with Gasteiger partial charge in [-0.3, -0.25) is 9.78 Å². The molecule has 2 aliphatic rings. The highest BCUT2D eigenvalue weighted by molar-refractivity contribution is 6.03. The molecule has 0 fully saturated rings. The van der Waals surface area contributed by atoms with Crippen molar-refractivity contribution in [2.75, 3.05) is 7.11 Å². The van der Waals surface area contributed by atoms with Gasteiger partial charge in [-0.1, -0.05) is 36.4 Å². The third-order valence-corrected chi connectivity index (χ3v) is 5.23. The first-order valence-electron chi connectivity index (χ1n) is 9.07. The largest absolute Gasteiger partial charge is 0.465 e. The van der Waals surface area contributed by atoms with Crippen molar-refractivity contribution < 1.29 is 19.1 Å². The summed E-state index contributed by atoms with van der Waals surface area (Å²) in [5.74, 6) is -0.817. The van der Waals surface area contributed by atoms with Gasteiger partial charge < -0.3 is 15.2 Å². The summed E-state index contributed by atoms with van der Waals surface area (Å²) in [4.78, 5) is 29.8. The molecule has 0 radical (unpaired) electrons. The van der Waals surface area contributed by atoms with Gasteiger partial charge in [-0.2, -0.15) is 0 Å².